The molecular weight excluding hydrogens is 548 g/mol. The highest BCUT2D eigenvalue weighted by molar-refractivity contribution is 6.30. The summed E-state index contributed by atoms with van der Waals surface area (Å²) < 4.78 is 6.54. The maximum atomic E-state index is 12.8. The fourth-order valence-corrected chi connectivity index (χ4v) is 4.49. The molecule has 41 heavy (non-hydrogen) atoms. The van der Waals surface area contributed by atoms with Crippen LogP contribution in [0.25, 0.3) is 11.0 Å². The molecule has 1 unspecified atom stereocenters. The Morgan fingerprint density at radius 3 is 2.39 bits per heavy atom. The van der Waals surface area contributed by atoms with Crippen LogP contribution < -0.4 is 10.6 Å². The number of aromatic nitrogens is 2. The standard InChI is InChI=1S/C30H29ClN4O6/c1-41-28(39)17-32-30(40)21-9-12-25-23(16-21)34-29(35(25)18-20-7-10-22(31)11-8-20)24(15-19-5-3-2-4-6-19)33-26(36)13-14-27(37)38/h2-12,16,24H,13-15,17-18H2,1H3,(H,32,40)(H,33,36)(H,37,38). The van der Waals surface area contributed by atoms with E-state index < -0.39 is 29.8 Å². The first-order valence-corrected chi connectivity index (χ1v) is 13.3. The smallest absolute Gasteiger partial charge is 0.325 e. The Hall–Kier alpha value is -4.70. The highest BCUT2D eigenvalue weighted by atomic mass is 35.5. The van der Waals surface area contributed by atoms with Crippen molar-refractivity contribution in [1.29, 1.82) is 0 Å². The summed E-state index contributed by atoms with van der Waals surface area (Å²) in [4.78, 5) is 52.9. The molecule has 0 saturated heterocycles. The van der Waals surface area contributed by atoms with Gasteiger partial charge in [0.25, 0.3) is 5.91 Å². The minimum atomic E-state index is -1.06. The first-order valence-electron chi connectivity index (χ1n) is 12.9. The van der Waals surface area contributed by atoms with E-state index in [2.05, 4.69) is 15.4 Å². The van der Waals surface area contributed by atoms with Crippen molar-refractivity contribution in [2.75, 3.05) is 13.7 Å². The molecule has 0 aliphatic heterocycles. The second-order valence-corrected chi connectivity index (χ2v) is 9.78. The molecule has 1 atom stereocenters. The second-order valence-electron chi connectivity index (χ2n) is 9.35. The number of imidazole rings is 1. The lowest BCUT2D eigenvalue weighted by atomic mass is 10.0. The van der Waals surface area contributed by atoms with Crippen LogP contribution in [-0.4, -0.2) is 52.1 Å². The van der Waals surface area contributed by atoms with Crippen molar-refractivity contribution in [3.8, 4) is 0 Å². The highest BCUT2D eigenvalue weighted by Gasteiger charge is 2.24. The molecule has 1 aromatic heterocycles. The summed E-state index contributed by atoms with van der Waals surface area (Å²) in [6.07, 6.45) is -0.0757. The van der Waals surface area contributed by atoms with E-state index in [0.29, 0.717) is 34.9 Å². The van der Waals surface area contributed by atoms with E-state index in [0.717, 1.165) is 16.6 Å². The number of fused-ring (bicyclic) bond motifs is 1. The Labute approximate surface area is 241 Å². The van der Waals surface area contributed by atoms with Crippen molar-refractivity contribution in [3.05, 3.63) is 100 Å². The van der Waals surface area contributed by atoms with Gasteiger partial charge in [0.05, 0.1) is 30.6 Å². The summed E-state index contributed by atoms with van der Waals surface area (Å²) in [6, 6.07) is 21.3. The Bertz CT molecular complexity index is 1550. The zero-order valence-electron chi connectivity index (χ0n) is 22.3. The topological polar surface area (TPSA) is 140 Å². The SMILES string of the molecule is COC(=O)CNC(=O)c1ccc2c(c1)nc(C(Cc1ccccc1)NC(=O)CCC(=O)O)n2Cc1ccc(Cl)cc1. The van der Waals surface area contributed by atoms with Gasteiger partial charge in [-0.1, -0.05) is 54.1 Å². The van der Waals surface area contributed by atoms with Gasteiger partial charge in [0.15, 0.2) is 0 Å². The largest absolute Gasteiger partial charge is 0.481 e. The van der Waals surface area contributed by atoms with Gasteiger partial charge in [-0.15, -0.1) is 0 Å². The minimum Gasteiger partial charge on any atom is -0.481 e. The van der Waals surface area contributed by atoms with Crippen LogP contribution in [0.1, 0.15) is 46.2 Å². The number of esters is 1. The number of rotatable bonds is 12. The van der Waals surface area contributed by atoms with Crippen molar-refractivity contribution in [2.45, 2.75) is 31.8 Å². The van der Waals surface area contributed by atoms with E-state index in [1.54, 1.807) is 30.3 Å². The van der Waals surface area contributed by atoms with E-state index in [9.17, 15) is 19.2 Å². The van der Waals surface area contributed by atoms with Gasteiger partial charge in [-0.2, -0.15) is 0 Å². The highest BCUT2D eigenvalue weighted by Crippen LogP contribution is 2.26. The lowest BCUT2D eigenvalue weighted by molar-refractivity contribution is -0.139. The van der Waals surface area contributed by atoms with Crippen molar-refractivity contribution < 1.29 is 29.0 Å². The first kappa shape index (κ1) is 29.3. The van der Waals surface area contributed by atoms with Crippen LogP contribution >= 0.6 is 11.6 Å². The number of hydrogen-bond donors (Lipinski definition) is 3. The number of nitrogens with one attached hydrogen (secondary N) is 2. The summed E-state index contributed by atoms with van der Waals surface area (Å²) in [7, 11) is 1.24. The summed E-state index contributed by atoms with van der Waals surface area (Å²) in [5.74, 6) is -1.98. The molecule has 4 aromatic rings. The van der Waals surface area contributed by atoms with Crippen molar-refractivity contribution in [2.24, 2.45) is 0 Å². The zero-order valence-corrected chi connectivity index (χ0v) is 23.1. The number of carbonyl (C=O) groups is 4. The molecule has 10 nitrogen and oxygen atoms in total. The molecule has 0 aliphatic carbocycles. The predicted octanol–water partition coefficient (Wildman–Crippen LogP) is 3.91. The summed E-state index contributed by atoms with van der Waals surface area (Å²) in [5.41, 5.74) is 3.42. The zero-order chi connectivity index (χ0) is 29.4. The van der Waals surface area contributed by atoms with Crippen LogP contribution in [0.3, 0.4) is 0 Å². The molecule has 0 fully saturated rings. The van der Waals surface area contributed by atoms with Crippen LogP contribution in [0.2, 0.25) is 5.02 Å². The number of methoxy groups -OCH3 is 1. The predicted molar refractivity (Wildman–Crippen MR) is 153 cm³/mol. The first-order chi connectivity index (χ1) is 19.7. The van der Waals surface area contributed by atoms with E-state index in [1.807, 2.05) is 47.0 Å². The van der Waals surface area contributed by atoms with E-state index >= 15 is 0 Å². The summed E-state index contributed by atoms with van der Waals surface area (Å²) in [5, 5.41) is 15.2. The Kier molecular flexibility index (Phi) is 9.70. The molecule has 212 valence electrons. The van der Waals surface area contributed by atoms with Gasteiger partial charge in [-0.3, -0.25) is 19.2 Å². The van der Waals surface area contributed by atoms with Crippen molar-refractivity contribution in [1.82, 2.24) is 20.2 Å². The normalized spacial score (nSPS) is 11.6. The van der Waals surface area contributed by atoms with Gasteiger partial charge in [0.1, 0.15) is 12.4 Å². The number of halogens is 1. The molecule has 0 saturated carbocycles. The third-order valence-corrected chi connectivity index (χ3v) is 6.66. The average Bonchev–Trinajstić information content (AvgIpc) is 3.33. The number of amides is 2. The van der Waals surface area contributed by atoms with Crippen LogP contribution in [0, 0.1) is 0 Å². The minimum absolute atomic E-state index is 0.178. The number of benzene rings is 3. The van der Waals surface area contributed by atoms with Gasteiger partial charge in [-0.25, -0.2) is 4.98 Å². The molecule has 4 rings (SSSR count). The van der Waals surface area contributed by atoms with Gasteiger partial charge in [0, 0.05) is 23.6 Å². The maximum Gasteiger partial charge on any atom is 0.325 e. The molecule has 0 aliphatic rings. The second kappa shape index (κ2) is 13.6. The molecule has 3 N–H and O–H groups in total. The number of aliphatic carboxylic acids is 1. The van der Waals surface area contributed by atoms with E-state index in [-0.39, 0.29) is 19.4 Å². The number of carbonyl (C=O) groups excluding carboxylic acids is 3. The fourth-order valence-electron chi connectivity index (χ4n) is 4.36. The number of ether oxygens (including phenoxy) is 1. The number of hydrogen-bond acceptors (Lipinski definition) is 6. The Morgan fingerprint density at radius 2 is 1.71 bits per heavy atom. The molecule has 11 heteroatoms. The van der Waals surface area contributed by atoms with Crippen LogP contribution in [0.4, 0.5) is 0 Å². The Balaban J connectivity index is 1.76. The lowest BCUT2D eigenvalue weighted by Crippen LogP contribution is -2.32. The van der Waals surface area contributed by atoms with Crippen molar-refractivity contribution in [3.63, 3.8) is 0 Å². The van der Waals surface area contributed by atoms with E-state index in [1.165, 1.54) is 7.11 Å². The van der Waals surface area contributed by atoms with E-state index in [4.69, 9.17) is 21.7 Å². The molecule has 0 spiro atoms. The summed E-state index contributed by atoms with van der Waals surface area (Å²) >= 11 is 6.10. The molecule has 0 radical (unpaired) electrons. The monoisotopic (exact) mass is 576 g/mol. The number of carboxylic acids is 1. The number of nitrogens with zero attached hydrogens (tertiary/aromatic N) is 2. The van der Waals surface area contributed by atoms with Crippen LogP contribution in [0.15, 0.2) is 72.8 Å². The van der Waals surface area contributed by atoms with Gasteiger partial charge in [-0.05, 0) is 47.9 Å². The lowest BCUT2D eigenvalue weighted by Gasteiger charge is -2.21. The van der Waals surface area contributed by atoms with Crippen molar-refractivity contribution >= 4 is 46.4 Å². The van der Waals surface area contributed by atoms with Crippen LogP contribution in [0.5, 0.6) is 0 Å². The Morgan fingerprint density at radius 1 is 0.976 bits per heavy atom. The quantitative estimate of drug-likeness (QED) is 0.217. The molecular formula is C30H29ClN4O6. The fraction of sp³-hybridized carbons (Fsp3) is 0.233. The third kappa shape index (κ3) is 7.92. The number of carboxylic acid groups (broad SMARTS) is 1. The molecule has 3 aromatic carbocycles. The van der Waals surface area contributed by atoms with Gasteiger partial charge >= 0.3 is 11.9 Å². The van der Waals surface area contributed by atoms with Crippen LogP contribution in [-0.2, 0) is 32.1 Å². The van der Waals surface area contributed by atoms with Gasteiger partial charge in [0.2, 0.25) is 5.91 Å². The molecule has 2 amide bonds. The molecule has 1 heterocycles. The summed E-state index contributed by atoms with van der Waals surface area (Å²) in [6.45, 7) is 0.123. The third-order valence-electron chi connectivity index (χ3n) is 6.41. The van der Waals surface area contributed by atoms with Gasteiger partial charge < -0.3 is 25.0 Å². The molecule has 0 bridgehead atoms. The average molecular weight is 577 g/mol. The maximum absolute atomic E-state index is 12.8.